The van der Waals surface area contributed by atoms with E-state index in [0.717, 1.165) is 28.7 Å². The minimum atomic E-state index is -0.703. The highest BCUT2D eigenvalue weighted by atomic mass is 31.1. The first-order valence-corrected chi connectivity index (χ1v) is 11.2. The van der Waals surface area contributed by atoms with Crippen LogP contribution < -0.4 is 25.4 Å². The molecule has 3 aromatic rings. The molecule has 0 bridgehead atoms. The first-order chi connectivity index (χ1) is 14.1. The largest absolute Gasteiger partial charge is 0.497 e. The van der Waals surface area contributed by atoms with Crippen LogP contribution in [0.3, 0.4) is 0 Å². The summed E-state index contributed by atoms with van der Waals surface area (Å²) in [6, 6.07) is 26.2. The number of methoxy groups -OCH3 is 2. The van der Waals surface area contributed by atoms with Crippen LogP contribution in [0.1, 0.15) is 18.6 Å². The Kier molecular flexibility index (Phi) is 7.65. The number of nitrogens with one attached hydrogen (secondary N) is 1. The van der Waals surface area contributed by atoms with Gasteiger partial charge in [-0.3, -0.25) is 0 Å². The summed E-state index contributed by atoms with van der Waals surface area (Å²) < 4.78 is 11.0. The fourth-order valence-electron chi connectivity index (χ4n) is 3.17. The van der Waals surface area contributed by atoms with Gasteiger partial charge in [0, 0.05) is 18.4 Å². The van der Waals surface area contributed by atoms with Gasteiger partial charge in [-0.15, -0.1) is 0 Å². The molecule has 0 aliphatic carbocycles. The molecule has 4 nitrogen and oxygen atoms in total. The lowest BCUT2D eigenvalue weighted by molar-refractivity contribution is 0.139. The van der Waals surface area contributed by atoms with Crippen molar-refractivity contribution >= 4 is 18.5 Å². The predicted molar refractivity (Wildman–Crippen MR) is 121 cm³/mol. The first-order valence-electron chi connectivity index (χ1n) is 9.64. The summed E-state index contributed by atoms with van der Waals surface area (Å²) >= 11 is 0. The summed E-state index contributed by atoms with van der Waals surface area (Å²) in [5.41, 5.74) is 0.916. The summed E-state index contributed by atoms with van der Waals surface area (Å²) in [5, 5.41) is 16.7. The molecule has 0 spiro atoms. The molecule has 5 heteroatoms. The van der Waals surface area contributed by atoms with E-state index in [4.69, 9.17) is 9.47 Å². The second kappa shape index (κ2) is 10.4. The van der Waals surface area contributed by atoms with Crippen molar-refractivity contribution in [2.75, 3.05) is 20.5 Å². The van der Waals surface area contributed by atoms with Crippen LogP contribution in [0.25, 0.3) is 0 Å². The number of rotatable bonds is 9. The molecule has 3 aromatic carbocycles. The maximum absolute atomic E-state index is 10.7. The highest BCUT2D eigenvalue weighted by Gasteiger charge is 2.20. The number of hydrogen-bond donors (Lipinski definition) is 2. The van der Waals surface area contributed by atoms with Crippen molar-refractivity contribution in [1.82, 2.24) is 5.32 Å². The molecule has 1 unspecified atom stereocenters. The lowest BCUT2D eigenvalue weighted by Crippen LogP contribution is -2.34. The van der Waals surface area contributed by atoms with E-state index in [2.05, 4.69) is 41.7 Å². The molecule has 3 atom stereocenters. The minimum Gasteiger partial charge on any atom is -0.497 e. The van der Waals surface area contributed by atoms with Gasteiger partial charge in [-0.05, 0) is 43.2 Å². The minimum absolute atomic E-state index is 0.0846. The molecule has 0 saturated carbocycles. The molecule has 3 rings (SSSR count). The molecule has 2 N–H and O–H groups in total. The molecular formula is C24H28NO3P. The number of benzene rings is 3. The first kappa shape index (κ1) is 21.3. The third kappa shape index (κ3) is 5.57. The molecule has 29 heavy (non-hydrogen) atoms. The summed E-state index contributed by atoms with van der Waals surface area (Å²) in [7, 11) is 2.63. The zero-order chi connectivity index (χ0) is 20.6. The van der Waals surface area contributed by atoms with Crippen LogP contribution in [-0.2, 0) is 0 Å². The van der Waals surface area contributed by atoms with Crippen LogP contribution in [0.15, 0.2) is 78.9 Å². The normalized spacial score (nSPS) is 14.1. The smallest absolute Gasteiger partial charge is 0.123 e. The van der Waals surface area contributed by atoms with Crippen molar-refractivity contribution in [2.45, 2.75) is 19.1 Å². The third-order valence-corrected chi connectivity index (χ3v) is 7.20. The summed E-state index contributed by atoms with van der Waals surface area (Å²) in [6.45, 7) is 2.02. The van der Waals surface area contributed by atoms with Gasteiger partial charge in [0.05, 0.1) is 20.3 Å². The van der Waals surface area contributed by atoms with Gasteiger partial charge in [0.15, 0.2) is 0 Å². The van der Waals surface area contributed by atoms with Crippen LogP contribution in [0.2, 0.25) is 0 Å². The summed E-state index contributed by atoms with van der Waals surface area (Å²) in [6.07, 6.45) is 0.171. The average Bonchev–Trinajstić information content (AvgIpc) is 2.79. The lowest BCUT2D eigenvalue weighted by atomic mass is 10.0. The Bertz CT molecular complexity index is 867. The molecule has 0 fully saturated rings. The topological polar surface area (TPSA) is 50.7 Å². The monoisotopic (exact) mass is 409 g/mol. The molecule has 0 radical (unpaired) electrons. The van der Waals surface area contributed by atoms with Gasteiger partial charge in [-0.2, -0.15) is 0 Å². The van der Waals surface area contributed by atoms with E-state index >= 15 is 0 Å². The maximum Gasteiger partial charge on any atom is 0.123 e. The predicted octanol–water partition coefficient (Wildman–Crippen LogP) is 3.81. The van der Waals surface area contributed by atoms with Crippen molar-refractivity contribution in [3.05, 3.63) is 84.4 Å². The average molecular weight is 409 g/mol. The second-order valence-corrected chi connectivity index (χ2v) is 9.05. The zero-order valence-electron chi connectivity index (χ0n) is 17.1. The molecule has 0 amide bonds. The van der Waals surface area contributed by atoms with Crippen molar-refractivity contribution < 1.29 is 14.6 Å². The Morgan fingerprint density at radius 2 is 1.38 bits per heavy atom. The van der Waals surface area contributed by atoms with Crippen LogP contribution in [0.5, 0.6) is 11.5 Å². The van der Waals surface area contributed by atoms with E-state index < -0.39 is 14.0 Å². The highest BCUT2D eigenvalue weighted by molar-refractivity contribution is 7.72. The molecular weight excluding hydrogens is 381 g/mol. The van der Waals surface area contributed by atoms with Crippen molar-refractivity contribution in [1.29, 1.82) is 0 Å². The molecule has 0 heterocycles. The van der Waals surface area contributed by atoms with Gasteiger partial charge in [0.2, 0.25) is 0 Å². The Morgan fingerprint density at radius 1 is 0.828 bits per heavy atom. The van der Waals surface area contributed by atoms with Crippen LogP contribution in [0, 0.1) is 0 Å². The zero-order valence-corrected chi connectivity index (χ0v) is 18.0. The van der Waals surface area contributed by atoms with E-state index in [9.17, 15) is 5.11 Å². The summed E-state index contributed by atoms with van der Waals surface area (Å²) in [5.74, 6) is 1.56. The van der Waals surface area contributed by atoms with E-state index in [1.165, 1.54) is 5.30 Å². The second-order valence-electron chi connectivity index (χ2n) is 6.84. The fraction of sp³-hybridized carbons (Fsp3) is 0.250. The Balaban J connectivity index is 1.84. The Labute approximate surface area is 174 Å². The fourth-order valence-corrected chi connectivity index (χ4v) is 5.41. The van der Waals surface area contributed by atoms with Crippen molar-refractivity contribution in [2.24, 2.45) is 0 Å². The van der Waals surface area contributed by atoms with Crippen LogP contribution >= 0.6 is 7.92 Å². The Morgan fingerprint density at radius 3 is 1.93 bits per heavy atom. The van der Waals surface area contributed by atoms with Gasteiger partial charge in [-0.1, -0.05) is 60.7 Å². The van der Waals surface area contributed by atoms with Crippen molar-refractivity contribution in [3.63, 3.8) is 0 Å². The molecule has 0 saturated heterocycles. The van der Waals surface area contributed by atoms with E-state index in [0.29, 0.717) is 0 Å². The molecule has 0 aromatic heterocycles. The highest BCUT2D eigenvalue weighted by Crippen LogP contribution is 2.35. The van der Waals surface area contributed by atoms with E-state index in [-0.39, 0.29) is 6.04 Å². The van der Waals surface area contributed by atoms with Crippen LogP contribution in [0.4, 0.5) is 0 Å². The SMILES string of the molecule is COc1cc(OC)cc(P(CN[C@@H](C)[C@H](O)c2ccccc2)c2ccccc2)c1. The maximum atomic E-state index is 10.7. The number of aliphatic hydroxyl groups is 1. The van der Waals surface area contributed by atoms with Gasteiger partial charge >= 0.3 is 0 Å². The molecule has 0 aliphatic heterocycles. The molecule has 152 valence electrons. The lowest BCUT2D eigenvalue weighted by Gasteiger charge is -2.25. The summed E-state index contributed by atoms with van der Waals surface area (Å²) in [4.78, 5) is 0. The van der Waals surface area contributed by atoms with Gasteiger partial charge in [0.1, 0.15) is 11.5 Å². The van der Waals surface area contributed by atoms with E-state index in [1.54, 1.807) is 14.2 Å². The number of aliphatic hydroxyl groups excluding tert-OH is 1. The molecule has 0 aliphatic rings. The standard InChI is InChI=1S/C24H28NO3P/c1-18(24(26)19-10-6-4-7-11-19)25-17-29(22-12-8-5-9-13-22)23-15-20(27-2)14-21(16-23)28-3/h4-16,18,24-26H,17H2,1-3H3/t18-,24-,29?/m0/s1. The van der Waals surface area contributed by atoms with E-state index in [1.807, 2.05) is 49.4 Å². The number of ether oxygens (including phenoxy) is 2. The third-order valence-electron chi connectivity index (χ3n) is 4.90. The quantitative estimate of drug-likeness (QED) is 0.528. The van der Waals surface area contributed by atoms with Crippen LogP contribution in [-0.4, -0.2) is 31.7 Å². The van der Waals surface area contributed by atoms with Crippen molar-refractivity contribution in [3.8, 4) is 11.5 Å². The van der Waals surface area contributed by atoms with Gasteiger partial charge in [0.25, 0.3) is 0 Å². The Hall–Kier alpha value is -2.39. The van der Waals surface area contributed by atoms with Gasteiger partial charge < -0.3 is 19.9 Å². The number of hydrogen-bond acceptors (Lipinski definition) is 4. The van der Waals surface area contributed by atoms with Gasteiger partial charge in [-0.25, -0.2) is 0 Å².